The van der Waals surface area contributed by atoms with Gasteiger partial charge in [0.2, 0.25) is 0 Å². The highest BCUT2D eigenvalue weighted by Crippen LogP contribution is 2.38. The van der Waals surface area contributed by atoms with Crippen LogP contribution in [0.5, 0.6) is 0 Å². The topological polar surface area (TPSA) is 70.0 Å². The summed E-state index contributed by atoms with van der Waals surface area (Å²) in [6.07, 6.45) is -0.241. The number of rotatable bonds is 1. The number of esters is 1. The van der Waals surface area contributed by atoms with Crippen molar-refractivity contribution in [3.8, 4) is 0 Å². The van der Waals surface area contributed by atoms with E-state index in [0.29, 0.717) is 6.42 Å². The van der Waals surface area contributed by atoms with Gasteiger partial charge in [-0.25, -0.2) is 0 Å². The molecule has 2 aliphatic heterocycles. The third-order valence-electron chi connectivity index (χ3n) is 3.78. The number of hydrogen-bond acceptors (Lipinski definition) is 5. The molecular weight excluding hydrogens is 198 g/mol. The third kappa shape index (κ3) is 1.55. The van der Waals surface area contributed by atoms with E-state index in [2.05, 4.69) is 4.74 Å². The smallest absolute Gasteiger partial charge is 0.314 e. The van der Waals surface area contributed by atoms with E-state index >= 15 is 0 Å². The van der Waals surface area contributed by atoms with Crippen molar-refractivity contribution < 1.29 is 19.7 Å². The van der Waals surface area contributed by atoms with Crippen LogP contribution in [0.3, 0.4) is 0 Å². The van der Waals surface area contributed by atoms with Crippen LogP contribution in [0, 0.1) is 5.92 Å². The van der Waals surface area contributed by atoms with E-state index in [0.717, 1.165) is 6.42 Å². The molecule has 1 aliphatic carbocycles. The van der Waals surface area contributed by atoms with Crippen LogP contribution in [0.4, 0.5) is 0 Å². The van der Waals surface area contributed by atoms with Crippen LogP contribution in [0.25, 0.3) is 0 Å². The second kappa shape index (κ2) is 3.73. The van der Waals surface area contributed by atoms with Crippen molar-refractivity contribution in [2.45, 2.75) is 37.1 Å². The predicted molar refractivity (Wildman–Crippen MR) is 52.1 cm³/mol. The highest BCUT2D eigenvalue weighted by atomic mass is 16.5. The molecule has 2 saturated heterocycles. The fraction of sp³-hybridized carbons (Fsp3) is 0.900. The van der Waals surface area contributed by atoms with Crippen LogP contribution in [-0.2, 0) is 9.53 Å². The third-order valence-corrected chi connectivity index (χ3v) is 3.78. The maximum absolute atomic E-state index is 11.5. The molecule has 1 unspecified atom stereocenters. The first-order valence-corrected chi connectivity index (χ1v) is 5.22. The summed E-state index contributed by atoms with van der Waals surface area (Å²) in [5, 5.41) is 19.8. The lowest BCUT2D eigenvalue weighted by Gasteiger charge is -2.46. The maximum Gasteiger partial charge on any atom is 0.314 e. The second-order valence-corrected chi connectivity index (χ2v) is 4.46. The summed E-state index contributed by atoms with van der Waals surface area (Å²) in [7, 11) is 3.19. The Labute approximate surface area is 88.6 Å². The molecule has 3 rings (SSSR count). The normalized spacial score (nSPS) is 45.5. The lowest BCUT2D eigenvalue weighted by Crippen LogP contribution is -2.58. The summed E-state index contributed by atoms with van der Waals surface area (Å²) < 4.78 is 4.61. The van der Waals surface area contributed by atoms with E-state index in [1.165, 1.54) is 7.11 Å². The fourth-order valence-corrected chi connectivity index (χ4v) is 2.71. The Kier molecular flexibility index (Phi) is 2.70. The average Bonchev–Trinajstić information content (AvgIpc) is 2.39. The molecule has 0 aromatic rings. The molecule has 3 fully saturated rings. The van der Waals surface area contributed by atoms with Crippen molar-refractivity contribution in [1.82, 2.24) is 4.90 Å². The summed E-state index contributed by atoms with van der Waals surface area (Å²) in [5.41, 5.74) is 0. The Hall–Kier alpha value is -0.650. The average molecular weight is 215 g/mol. The van der Waals surface area contributed by atoms with Crippen molar-refractivity contribution in [3.63, 3.8) is 0 Å². The quantitative estimate of drug-likeness (QED) is 0.548. The van der Waals surface area contributed by atoms with Gasteiger partial charge in [-0.1, -0.05) is 0 Å². The second-order valence-electron chi connectivity index (χ2n) is 4.46. The molecule has 2 bridgehead atoms. The molecule has 0 amide bonds. The largest absolute Gasteiger partial charge is 0.469 e. The van der Waals surface area contributed by atoms with Crippen molar-refractivity contribution in [2.24, 2.45) is 5.92 Å². The summed E-state index contributed by atoms with van der Waals surface area (Å²) in [6, 6.07) is 0.269. The van der Waals surface area contributed by atoms with Crippen LogP contribution in [-0.4, -0.2) is 59.5 Å². The van der Waals surface area contributed by atoms with Crippen LogP contribution < -0.4 is 0 Å². The minimum absolute atomic E-state index is 0.0174. The number of ether oxygens (including phenoxy) is 1. The lowest BCUT2D eigenvalue weighted by molar-refractivity contribution is -0.156. The zero-order chi connectivity index (χ0) is 11.2. The highest BCUT2D eigenvalue weighted by Gasteiger charge is 2.51. The van der Waals surface area contributed by atoms with Gasteiger partial charge in [0, 0.05) is 12.1 Å². The minimum atomic E-state index is -0.823. The van der Waals surface area contributed by atoms with Gasteiger partial charge in [-0.2, -0.15) is 0 Å². The standard InChI is InChI=1S/C10H17NO4/c1-11-5-3-6(11)9(13)8(7(12)4-5)10(14)15-2/h5-9,12-13H,3-4H2,1-2H3/t5-,6+,7-,8-,9?/m1/s1. The van der Waals surface area contributed by atoms with Gasteiger partial charge >= 0.3 is 5.97 Å². The highest BCUT2D eigenvalue weighted by molar-refractivity contribution is 5.74. The van der Waals surface area contributed by atoms with Gasteiger partial charge in [0.1, 0.15) is 5.92 Å². The van der Waals surface area contributed by atoms with E-state index in [1.54, 1.807) is 0 Å². The molecule has 3 aliphatic rings. The number of carbonyl (C=O) groups is 1. The number of nitrogens with zero attached hydrogens (tertiary/aromatic N) is 1. The Bertz CT molecular complexity index is 270. The summed E-state index contributed by atoms with van der Waals surface area (Å²) >= 11 is 0. The van der Waals surface area contributed by atoms with Crippen molar-refractivity contribution in [2.75, 3.05) is 14.2 Å². The van der Waals surface area contributed by atoms with Crippen LogP contribution in [0.2, 0.25) is 0 Å². The first-order valence-electron chi connectivity index (χ1n) is 5.22. The fourth-order valence-electron chi connectivity index (χ4n) is 2.71. The SMILES string of the molecule is COC(=O)[C@H]1C(O)[C@@H]2C[C@H](C[C@H]1O)N2C. The van der Waals surface area contributed by atoms with Crippen molar-refractivity contribution >= 4 is 5.97 Å². The van der Waals surface area contributed by atoms with Gasteiger partial charge in [-0.3, -0.25) is 9.69 Å². The van der Waals surface area contributed by atoms with E-state index in [-0.39, 0.29) is 12.1 Å². The van der Waals surface area contributed by atoms with Crippen LogP contribution in [0.15, 0.2) is 0 Å². The Morgan fingerprint density at radius 1 is 1.40 bits per heavy atom. The molecule has 5 atom stereocenters. The summed E-state index contributed by atoms with van der Waals surface area (Å²) in [4.78, 5) is 13.5. The number of likely N-dealkylation sites (N-methyl/N-ethyl adjacent to an activating group) is 1. The number of methoxy groups -OCH3 is 1. The molecule has 5 nitrogen and oxygen atoms in total. The van der Waals surface area contributed by atoms with Gasteiger partial charge in [-0.05, 0) is 19.9 Å². The zero-order valence-electron chi connectivity index (χ0n) is 8.96. The van der Waals surface area contributed by atoms with Gasteiger partial charge < -0.3 is 14.9 Å². The molecule has 0 aromatic carbocycles. The van der Waals surface area contributed by atoms with Crippen molar-refractivity contribution in [3.05, 3.63) is 0 Å². The first kappa shape index (κ1) is 10.9. The Morgan fingerprint density at radius 2 is 2.07 bits per heavy atom. The first-order chi connectivity index (χ1) is 7.06. The molecule has 15 heavy (non-hydrogen) atoms. The number of fused-ring (bicyclic) bond motifs is 3. The molecule has 5 heteroatoms. The van der Waals surface area contributed by atoms with E-state index < -0.39 is 24.1 Å². The number of hydrogen-bond donors (Lipinski definition) is 2. The van der Waals surface area contributed by atoms with Crippen molar-refractivity contribution in [1.29, 1.82) is 0 Å². The van der Waals surface area contributed by atoms with E-state index in [4.69, 9.17) is 0 Å². The van der Waals surface area contributed by atoms with E-state index in [1.807, 2.05) is 11.9 Å². The molecule has 1 saturated carbocycles. The zero-order valence-corrected chi connectivity index (χ0v) is 8.96. The minimum Gasteiger partial charge on any atom is -0.469 e. The lowest BCUT2D eigenvalue weighted by atomic mass is 9.89. The molecule has 0 aromatic heterocycles. The van der Waals surface area contributed by atoms with Gasteiger partial charge in [0.25, 0.3) is 0 Å². The summed E-state index contributed by atoms with van der Waals surface area (Å²) in [5.74, 6) is -1.31. The number of aliphatic hydroxyl groups excluding tert-OH is 2. The molecular formula is C10H17NO4. The predicted octanol–water partition coefficient (Wildman–Crippen LogP) is -1.03. The van der Waals surface area contributed by atoms with Crippen LogP contribution in [0.1, 0.15) is 12.8 Å². The maximum atomic E-state index is 11.5. The molecule has 2 heterocycles. The molecule has 0 spiro atoms. The Morgan fingerprint density at radius 3 is 2.60 bits per heavy atom. The van der Waals surface area contributed by atoms with E-state index in [9.17, 15) is 15.0 Å². The van der Waals surface area contributed by atoms with Gasteiger partial charge in [0.15, 0.2) is 0 Å². The van der Waals surface area contributed by atoms with Gasteiger partial charge in [0.05, 0.1) is 19.3 Å². The molecule has 86 valence electrons. The Balaban J connectivity index is 2.19. The monoisotopic (exact) mass is 215 g/mol. The van der Waals surface area contributed by atoms with Gasteiger partial charge in [-0.15, -0.1) is 0 Å². The molecule has 2 N–H and O–H groups in total. The number of carbonyl (C=O) groups excluding carboxylic acids is 1. The summed E-state index contributed by atoms with van der Waals surface area (Å²) in [6.45, 7) is 0. The van der Waals surface area contributed by atoms with Crippen LogP contribution >= 0.6 is 0 Å². The molecule has 0 radical (unpaired) electrons. The number of aliphatic hydroxyl groups is 2.